The molecule has 25 valence electrons. The van der Waals surface area contributed by atoms with Crippen molar-refractivity contribution in [2.24, 2.45) is 0 Å². The van der Waals surface area contributed by atoms with E-state index in [1.54, 1.807) is 0 Å². The Morgan fingerprint density at radius 1 is 1.20 bits per heavy atom. The van der Waals surface area contributed by atoms with Crippen molar-refractivity contribution >= 4 is 0 Å². The molecule has 0 heteroatoms. The molecule has 0 N–H and O–H groups in total. The van der Waals surface area contributed by atoms with Gasteiger partial charge in [-0.25, -0.2) is 12.2 Å². The molecule has 0 amide bonds. The summed E-state index contributed by atoms with van der Waals surface area (Å²) in [4.78, 5) is 0. The first kappa shape index (κ1) is 2.70. The van der Waals surface area contributed by atoms with Gasteiger partial charge in [0.15, 0.2) is 0 Å². The fourth-order valence-electron chi connectivity index (χ4n) is 0.278. The van der Waals surface area contributed by atoms with Crippen molar-refractivity contribution in [1.29, 1.82) is 0 Å². The fraction of sp³-hybridized carbons (Fsp3) is 0. The topological polar surface area (TPSA) is 0 Å². The molecule has 0 fully saturated rings. The van der Waals surface area contributed by atoms with E-state index in [-0.39, 0.29) is 0 Å². The molecule has 1 aliphatic carbocycles. The molecule has 1 aliphatic rings. The fourth-order valence-corrected chi connectivity index (χ4v) is 0.278. The summed E-state index contributed by atoms with van der Waals surface area (Å²) < 4.78 is 0. The lowest BCUT2D eigenvalue weighted by molar-refractivity contribution is 1.79. The third kappa shape index (κ3) is 0.380. The van der Waals surface area contributed by atoms with E-state index in [9.17, 15) is 0 Å². The van der Waals surface area contributed by atoms with Crippen LogP contribution in [-0.2, 0) is 0 Å². The quantitative estimate of drug-likeness (QED) is 0.370. The summed E-state index contributed by atoms with van der Waals surface area (Å²) >= 11 is 0. The molecule has 0 atom stereocenters. The van der Waals surface area contributed by atoms with Crippen molar-refractivity contribution in [3.05, 3.63) is 30.7 Å². The van der Waals surface area contributed by atoms with Gasteiger partial charge in [0.2, 0.25) is 0 Å². The minimum Gasteiger partial charge on any atom is -0.270 e. The second kappa shape index (κ2) is 1.07. The molecule has 0 bridgehead atoms. The molecule has 0 spiro atoms. The van der Waals surface area contributed by atoms with Gasteiger partial charge in [-0.2, -0.15) is 6.08 Å². The SMILES string of the molecule is [C-]1=CC=C[CH]1. The molecule has 0 saturated heterocycles. The Morgan fingerprint density at radius 2 is 2.20 bits per heavy atom. The summed E-state index contributed by atoms with van der Waals surface area (Å²) in [6, 6.07) is 0. The van der Waals surface area contributed by atoms with Gasteiger partial charge in [0, 0.05) is 0 Å². The molecule has 0 nitrogen and oxygen atoms in total. The molecule has 0 saturated carbocycles. The highest BCUT2D eigenvalue weighted by Gasteiger charge is 1.58. The summed E-state index contributed by atoms with van der Waals surface area (Å²) in [7, 11) is 0. The van der Waals surface area contributed by atoms with Gasteiger partial charge in [0.1, 0.15) is 0 Å². The maximum Gasteiger partial charge on any atom is -0.104 e. The van der Waals surface area contributed by atoms with Gasteiger partial charge >= 0.3 is 0 Å². The Bertz CT molecular complexity index is 58.1. The number of rotatable bonds is 0. The first-order valence-electron chi connectivity index (χ1n) is 1.58. The van der Waals surface area contributed by atoms with Crippen molar-refractivity contribution in [3.8, 4) is 0 Å². The Labute approximate surface area is 31.8 Å². The van der Waals surface area contributed by atoms with Gasteiger partial charge < -0.3 is 0 Å². The second-order valence-corrected chi connectivity index (χ2v) is 0.885. The third-order valence-electron chi connectivity index (χ3n) is 0.496. The highest BCUT2D eigenvalue weighted by atomic mass is 13.8. The van der Waals surface area contributed by atoms with Crippen LogP contribution in [0.15, 0.2) is 18.2 Å². The minimum atomic E-state index is 1.88. The maximum absolute atomic E-state index is 2.86. The molecule has 0 aromatic rings. The van der Waals surface area contributed by atoms with Crippen molar-refractivity contribution in [3.63, 3.8) is 0 Å². The highest BCUT2D eigenvalue weighted by molar-refractivity contribution is 5.18. The van der Waals surface area contributed by atoms with Crippen LogP contribution in [0.4, 0.5) is 0 Å². The lowest BCUT2D eigenvalue weighted by Gasteiger charge is -1.69. The van der Waals surface area contributed by atoms with E-state index >= 15 is 0 Å². The van der Waals surface area contributed by atoms with Crippen LogP contribution < -0.4 is 0 Å². The molecule has 0 aliphatic heterocycles. The van der Waals surface area contributed by atoms with Gasteiger partial charge in [0.05, 0.1) is 0 Å². The van der Waals surface area contributed by atoms with E-state index in [1.807, 2.05) is 24.6 Å². The highest BCUT2D eigenvalue weighted by Crippen LogP contribution is 1.90. The molecule has 0 aromatic heterocycles. The van der Waals surface area contributed by atoms with Crippen LogP contribution in [0.2, 0.25) is 0 Å². The van der Waals surface area contributed by atoms with Crippen LogP contribution in [0.1, 0.15) is 0 Å². The molecule has 0 aromatic carbocycles. The van der Waals surface area contributed by atoms with E-state index < -0.39 is 0 Å². The number of hydrogen-bond donors (Lipinski definition) is 0. The standard InChI is InChI=1S/C5H4/c1-2-4-5-3-1/h1-4H/q-1. The summed E-state index contributed by atoms with van der Waals surface area (Å²) in [5.41, 5.74) is 0. The zero-order chi connectivity index (χ0) is 3.54. The third-order valence-corrected chi connectivity index (χ3v) is 0.496. The lowest BCUT2D eigenvalue weighted by atomic mass is 10.5. The van der Waals surface area contributed by atoms with Gasteiger partial charge in [-0.1, -0.05) is 0 Å². The summed E-state index contributed by atoms with van der Waals surface area (Å²) in [5.74, 6) is 0. The molecular weight excluding hydrogens is 60.1 g/mol. The van der Waals surface area contributed by atoms with Crippen LogP contribution in [-0.4, -0.2) is 0 Å². The molecule has 5 heavy (non-hydrogen) atoms. The Kier molecular flexibility index (Phi) is 0.577. The molecular formula is C5H4-. The normalized spacial score (nSPS) is 17.6. The van der Waals surface area contributed by atoms with E-state index in [4.69, 9.17) is 0 Å². The van der Waals surface area contributed by atoms with E-state index in [0.717, 1.165) is 0 Å². The number of hydrogen-bond acceptors (Lipinski definition) is 0. The van der Waals surface area contributed by atoms with Crippen LogP contribution in [0.25, 0.3) is 0 Å². The minimum absolute atomic E-state index is 1.88. The predicted octanol–water partition coefficient (Wildman–Crippen LogP) is 1.12. The zero-order valence-corrected chi connectivity index (χ0v) is 2.81. The largest absolute Gasteiger partial charge is 0.270 e. The van der Waals surface area contributed by atoms with Crippen LogP contribution in [0.3, 0.4) is 0 Å². The van der Waals surface area contributed by atoms with E-state index in [0.29, 0.717) is 0 Å². The lowest BCUT2D eigenvalue weighted by Crippen LogP contribution is -1.41. The second-order valence-electron chi connectivity index (χ2n) is 0.885. The van der Waals surface area contributed by atoms with Crippen molar-refractivity contribution in [2.75, 3.05) is 0 Å². The van der Waals surface area contributed by atoms with Gasteiger partial charge in [-0.3, -0.25) is 6.08 Å². The van der Waals surface area contributed by atoms with Crippen LogP contribution >= 0.6 is 0 Å². The van der Waals surface area contributed by atoms with E-state index in [2.05, 4.69) is 6.08 Å². The molecule has 0 heterocycles. The Balaban J connectivity index is 2.61. The monoisotopic (exact) mass is 64.0 g/mol. The van der Waals surface area contributed by atoms with Crippen LogP contribution in [0.5, 0.6) is 0 Å². The molecule has 1 rings (SSSR count). The predicted molar refractivity (Wildman–Crippen MR) is 21.3 cm³/mol. The smallest absolute Gasteiger partial charge is 0.104 e. The Hall–Kier alpha value is -0.520. The molecule has 1 radical (unpaired) electrons. The summed E-state index contributed by atoms with van der Waals surface area (Å²) in [6.45, 7) is 0. The van der Waals surface area contributed by atoms with Gasteiger partial charge in [-0.15, -0.1) is 6.42 Å². The summed E-state index contributed by atoms with van der Waals surface area (Å²) in [5, 5.41) is 0. The van der Waals surface area contributed by atoms with E-state index in [1.165, 1.54) is 0 Å². The van der Waals surface area contributed by atoms with Crippen molar-refractivity contribution in [2.45, 2.75) is 0 Å². The zero-order valence-electron chi connectivity index (χ0n) is 2.81. The molecule has 0 unspecified atom stereocenters. The van der Waals surface area contributed by atoms with Gasteiger partial charge in [0.25, 0.3) is 0 Å². The van der Waals surface area contributed by atoms with Crippen LogP contribution in [0, 0.1) is 12.5 Å². The number of allylic oxidation sites excluding steroid dienone is 4. The average molecular weight is 64.1 g/mol. The maximum atomic E-state index is 2.86. The van der Waals surface area contributed by atoms with Crippen molar-refractivity contribution < 1.29 is 0 Å². The van der Waals surface area contributed by atoms with Gasteiger partial charge in [-0.05, 0) is 0 Å². The summed E-state index contributed by atoms with van der Waals surface area (Å²) in [6.07, 6.45) is 10.5. The Morgan fingerprint density at radius 3 is 2.40 bits per heavy atom. The first-order chi connectivity index (χ1) is 2.50. The first-order valence-corrected chi connectivity index (χ1v) is 1.58. The average Bonchev–Trinajstić information content (AvgIpc) is 1.76. The van der Waals surface area contributed by atoms with Crippen molar-refractivity contribution in [1.82, 2.24) is 0 Å².